The van der Waals surface area contributed by atoms with Gasteiger partial charge in [0.1, 0.15) is 0 Å². The number of carbonyl (C=O) groups excluding carboxylic acids is 1. The number of ether oxygens (including phenoxy) is 2. The molecule has 0 aliphatic rings. The average molecular weight is 302 g/mol. The van der Waals surface area contributed by atoms with E-state index in [9.17, 15) is 4.79 Å². The van der Waals surface area contributed by atoms with Crippen LogP contribution in [0.1, 0.15) is 22.8 Å². The van der Waals surface area contributed by atoms with E-state index in [1.807, 2.05) is 32.0 Å². The van der Waals surface area contributed by atoms with Crippen molar-refractivity contribution < 1.29 is 14.3 Å². The maximum Gasteiger partial charge on any atom is 0.162 e. The summed E-state index contributed by atoms with van der Waals surface area (Å²) < 4.78 is 10.8. The fourth-order valence-electron chi connectivity index (χ4n) is 1.90. The van der Waals surface area contributed by atoms with Crippen LogP contribution < -0.4 is 9.47 Å². The molecule has 0 amide bonds. The van der Waals surface area contributed by atoms with Crippen LogP contribution >= 0.6 is 11.8 Å². The Morgan fingerprint density at radius 2 is 1.86 bits per heavy atom. The van der Waals surface area contributed by atoms with Crippen molar-refractivity contribution >= 4 is 18.0 Å². The topological polar surface area (TPSA) is 35.5 Å². The first-order valence-corrected chi connectivity index (χ1v) is 7.54. The van der Waals surface area contributed by atoms with Gasteiger partial charge in [-0.05, 0) is 38.1 Å². The molecule has 0 atom stereocenters. The molecule has 0 aliphatic heterocycles. The molecule has 0 spiro atoms. The van der Waals surface area contributed by atoms with Crippen LogP contribution in [0.5, 0.6) is 11.5 Å². The van der Waals surface area contributed by atoms with Gasteiger partial charge in [0, 0.05) is 15.4 Å². The van der Waals surface area contributed by atoms with E-state index in [4.69, 9.17) is 9.47 Å². The van der Waals surface area contributed by atoms with Gasteiger partial charge in [-0.15, -0.1) is 0 Å². The van der Waals surface area contributed by atoms with E-state index in [1.54, 1.807) is 13.2 Å². The number of rotatable bonds is 6. The molecule has 0 saturated heterocycles. The minimum absolute atomic E-state index is 0.547. The highest BCUT2D eigenvalue weighted by Crippen LogP contribution is 2.38. The van der Waals surface area contributed by atoms with E-state index in [0.717, 1.165) is 16.1 Å². The number of carbonyl (C=O) groups is 1. The molecule has 0 aromatic heterocycles. The van der Waals surface area contributed by atoms with E-state index < -0.39 is 0 Å². The Hall–Kier alpha value is -1.94. The maximum atomic E-state index is 11.3. The van der Waals surface area contributed by atoms with Crippen LogP contribution in [0.2, 0.25) is 0 Å². The molecule has 21 heavy (non-hydrogen) atoms. The lowest BCUT2D eigenvalue weighted by Gasteiger charge is -2.13. The molecular formula is C17H18O3S. The van der Waals surface area contributed by atoms with Crippen LogP contribution in [0.25, 0.3) is 0 Å². The quantitative estimate of drug-likeness (QED) is 0.742. The zero-order chi connectivity index (χ0) is 15.2. The molecule has 0 radical (unpaired) electrons. The molecule has 0 saturated carbocycles. The minimum Gasteiger partial charge on any atom is -0.493 e. The number of hydrogen-bond acceptors (Lipinski definition) is 4. The molecule has 0 bridgehead atoms. The Bertz CT molecular complexity index is 621. The number of methoxy groups -OCH3 is 1. The second-order valence-electron chi connectivity index (χ2n) is 4.51. The summed E-state index contributed by atoms with van der Waals surface area (Å²) in [7, 11) is 1.57. The predicted octanol–water partition coefficient (Wildman–Crippen LogP) is 4.37. The Morgan fingerprint density at radius 1 is 1.14 bits per heavy atom. The van der Waals surface area contributed by atoms with E-state index in [0.29, 0.717) is 23.7 Å². The fraction of sp³-hybridized carbons (Fsp3) is 0.235. The van der Waals surface area contributed by atoms with Crippen molar-refractivity contribution in [3.8, 4) is 11.5 Å². The lowest BCUT2D eigenvalue weighted by molar-refractivity contribution is 0.112. The SMILES string of the molecule is CCOc1cc(Sc2ccc(C)cc2)c(C=O)cc1OC. The molecule has 3 nitrogen and oxygen atoms in total. The van der Waals surface area contributed by atoms with E-state index >= 15 is 0 Å². The summed E-state index contributed by atoms with van der Waals surface area (Å²) >= 11 is 1.54. The number of benzene rings is 2. The highest BCUT2D eigenvalue weighted by atomic mass is 32.2. The summed E-state index contributed by atoms with van der Waals surface area (Å²) in [6.07, 6.45) is 0.842. The molecule has 110 valence electrons. The molecule has 0 heterocycles. The van der Waals surface area contributed by atoms with Crippen LogP contribution in [0.4, 0.5) is 0 Å². The van der Waals surface area contributed by atoms with Crippen molar-refractivity contribution in [2.24, 2.45) is 0 Å². The molecular weight excluding hydrogens is 284 g/mol. The molecule has 0 N–H and O–H groups in total. The van der Waals surface area contributed by atoms with Gasteiger partial charge in [-0.3, -0.25) is 4.79 Å². The van der Waals surface area contributed by atoms with Crippen molar-refractivity contribution in [3.63, 3.8) is 0 Å². The second kappa shape index (κ2) is 7.18. The van der Waals surface area contributed by atoms with Crippen LogP contribution in [0.3, 0.4) is 0 Å². The van der Waals surface area contributed by atoms with E-state index in [-0.39, 0.29) is 0 Å². The monoisotopic (exact) mass is 302 g/mol. The molecule has 2 rings (SSSR count). The van der Waals surface area contributed by atoms with Gasteiger partial charge in [0.2, 0.25) is 0 Å². The normalized spacial score (nSPS) is 10.2. The fourth-order valence-corrected chi connectivity index (χ4v) is 2.82. The average Bonchev–Trinajstić information content (AvgIpc) is 2.50. The maximum absolute atomic E-state index is 11.3. The molecule has 2 aromatic carbocycles. The Kier molecular flexibility index (Phi) is 5.28. The van der Waals surface area contributed by atoms with Gasteiger partial charge in [0.15, 0.2) is 17.8 Å². The summed E-state index contributed by atoms with van der Waals surface area (Å²) in [5.41, 5.74) is 1.81. The summed E-state index contributed by atoms with van der Waals surface area (Å²) in [5.74, 6) is 1.23. The van der Waals surface area contributed by atoms with Crippen molar-refractivity contribution in [1.29, 1.82) is 0 Å². The lowest BCUT2D eigenvalue weighted by atomic mass is 10.2. The van der Waals surface area contributed by atoms with Crippen molar-refractivity contribution in [2.45, 2.75) is 23.6 Å². The third-order valence-electron chi connectivity index (χ3n) is 2.97. The second-order valence-corrected chi connectivity index (χ2v) is 5.62. The molecule has 2 aromatic rings. The smallest absolute Gasteiger partial charge is 0.162 e. The third-order valence-corrected chi connectivity index (χ3v) is 4.05. The van der Waals surface area contributed by atoms with E-state index in [1.165, 1.54) is 17.3 Å². The largest absolute Gasteiger partial charge is 0.493 e. The van der Waals surface area contributed by atoms with Crippen molar-refractivity contribution in [3.05, 3.63) is 47.5 Å². The number of aldehydes is 1. The van der Waals surface area contributed by atoms with Crippen molar-refractivity contribution in [2.75, 3.05) is 13.7 Å². The van der Waals surface area contributed by atoms with Gasteiger partial charge in [-0.25, -0.2) is 0 Å². The number of hydrogen-bond donors (Lipinski definition) is 0. The molecule has 0 fully saturated rings. The van der Waals surface area contributed by atoms with Gasteiger partial charge in [-0.1, -0.05) is 29.5 Å². The summed E-state index contributed by atoms with van der Waals surface area (Å²) in [6.45, 7) is 4.51. The zero-order valence-corrected chi connectivity index (χ0v) is 13.2. The van der Waals surface area contributed by atoms with Gasteiger partial charge in [0.25, 0.3) is 0 Å². The van der Waals surface area contributed by atoms with Crippen LogP contribution in [0.15, 0.2) is 46.2 Å². The van der Waals surface area contributed by atoms with Gasteiger partial charge < -0.3 is 9.47 Å². The lowest BCUT2D eigenvalue weighted by Crippen LogP contribution is -1.98. The predicted molar refractivity (Wildman–Crippen MR) is 84.9 cm³/mol. The molecule has 0 unspecified atom stereocenters. The van der Waals surface area contributed by atoms with Crippen molar-refractivity contribution in [1.82, 2.24) is 0 Å². The summed E-state index contributed by atoms with van der Waals surface area (Å²) in [6, 6.07) is 11.8. The van der Waals surface area contributed by atoms with Gasteiger partial charge >= 0.3 is 0 Å². The summed E-state index contributed by atoms with van der Waals surface area (Å²) in [5, 5.41) is 0. The highest BCUT2D eigenvalue weighted by molar-refractivity contribution is 7.99. The zero-order valence-electron chi connectivity index (χ0n) is 12.4. The van der Waals surface area contributed by atoms with Gasteiger partial charge in [0.05, 0.1) is 13.7 Å². The Morgan fingerprint density at radius 3 is 2.43 bits per heavy atom. The standard InChI is InChI=1S/C17H18O3S/c1-4-20-16-10-17(13(11-18)9-15(16)19-3)21-14-7-5-12(2)6-8-14/h5-11H,4H2,1-3H3. The van der Waals surface area contributed by atoms with Crippen LogP contribution in [-0.4, -0.2) is 20.0 Å². The Balaban J connectivity index is 2.38. The summed E-state index contributed by atoms with van der Waals surface area (Å²) in [4.78, 5) is 13.2. The van der Waals surface area contributed by atoms with Crippen LogP contribution in [-0.2, 0) is 0 Å². The molecule has 4 heteroatoms. The van der Waals surface area contributed by atoms with E-state index in [2.05, 4.69) is 12.1 Å². The Labute approximate surface area is 129 Å². The first-order chi connectivity index (χ1) is 10.2. The highest BCUT2D eigenvalue weighted by Gasteiger charge is 2.12. The number of aryl methyl sites for hydroxylation is 1. The first-order valence-electron chi connectivity index (χ1n) is 6.72. The minimum atomic E-state index is 0.547. The third kappa shape index (κ3) is 3.79. The molecule has 0 aliphatic carbocycles. The van der Waals surface area contributed by atoms with Crippen LogP contribution in [0, 0.1) is 6.92 Å². The first kappa shape index (κ1) is 15.4. The van der Waals surface area contributed by atoms with Gasteiger partial charge in [-0.2, -0.15) is 0 Å².